The number of nitrogens with zero attached hydrogens (tertiary/aromatic N) is 4. The van der Waals surface area contributed by atoms with Crippen molar-refractivity contribution in [3.05, 3.63) is 120 Å². The number of aromatic nitrogens is 3. The quantitative estimate of drug-likeness (QED) is 0.174. The standard InChI is InChI=1S/C30H26F3N5O2S/c1-21(28(39)38(24-12-4-2-5-13-24)25-14-6-3-7-15-25)41-29-36-35-27(37(29)20-26-16-9-17-40-26)19-34-23-11-8-10-22(18-23)30(31,32)33/h2-18,21,34H,19-20H2,1H3. The van der Waals surface area contributed by atoms with E-state index in [2.05, 4.69) is 15.5 Å². The van der Waals surface area contributed by atoms with Crippen molar-refractivity contribution in [3.63, 3.8) is 0 Å². The van der Waals surface area contributed by atoms with Gasteiger partial charge >= 0.3 is 6.18 Å². The lowest BCUT2D eigenvalue weighted by Crippen LogP contribution is -2.33. The summed E-state index contributed by atoms with van der Waals surface area (Å²) in [5.41, 5.74) is 1.02. The number of carbonyl (C=O) groups excluding carboxylic acids is 1. The summed E-state index contributed by atoms with van der Waals surface area (Å²) in [6.45, 7) is 2.19. The summed E-state index contributed by atoms with van der Waals surface area (Å²) in [6, 6.07) is 27.3. The molecule has 11 heteroatoms. The highest BCUT2D eigenvalue weighted by molar-refractivity contribution is 8.00. The van der Waals surface area contributed by atoms with Gasteiger partial charge in [-0.15, -0.1) is 10.2 Å². The molecule has 5 rings (SSSR count). The zero-order valence-corrected chi connectivity index (χ0v) is 22.8. The zero-order valence-electron chi connectivity index (χ0n) is 22.0. The molecule has 7 nitrogen and oxygen atoms in total. The van der Waals surface area contributed by atoms with Crippen LogP contribution in [-0.4, -0.2) is 25.9 Å². The van der Waals surface area contributed by atoms with E-state index in [1.807, 2.05) is 60.7 Å². The number of alkyl halides is 3. The van der Waals surface area contributed by atoms with Gasteiger partial charge in [0.05, 0.1) is 30.2 Å². The van der Waals surface area contributed by atoms with E-state index in [-0.39, 0.29) is 19.0 Å². The summed E-state index contributed by atoms with van der Waals surface area (Å²) in [5.74, 6) is 0.966. The van der Waals surface area contributed by atoms with Crippen LogP contribution < -0.4 is 10.2 Å². The van der Waals surface area contributed by atoms with Gasteiger partial charge in [0.15, 0.2) is 11.0 Å². The first kappa shape index (κ1) is 28.0. The van der Waals surface area contributed by atoms with Crippen LogP contribution in [0.1, 0.15) is 24.1 Å². The smallest absolute Gasteiger partial charge is 0.416 e. The van der Waals surface area contributed by atoms with Gasteiger partial charge in [-0.1, -0.05) is 54.2 Å². The summed E-state index contributed by atoms with van der Waals surface area (Å²) in [4.78, 5) is 15.5. The summed E-state index contributed by atoms with van der Waals surface area (Å²) < 4.78 is 46.8. The van der Waals surface area contributed by atoms with Crippen LogP contribution in [-0.2, 0) is 24.1 Å². The Morgan fingerprint density at radius 2 is 1.63 bits per heavy atom. The Morgan fingerprint density at radius 3 is 2.24 bits per heavy atom. The molecule has 3 aromatic carbocycles. The lowest BCUT2D eigenvalue weighted by molar-refractivity contribution is -0.137. The van der Waals surface area contributed by atoms with Gasteiger partial charge in [0.25, 0.3) is 0 Å². The minimum atomic E-state index is -4.45. The average Bonchev–Trinajstić information content (AvgIpc) is 3.63. The number of amides is 1. The lowest BCUT2D eigenvalue weighted by Gasteiger charge is -2.25. The van der Waals surface area contributed by atoms with Gasteiger partial charge in [-0.2, -0.15) is 13.2 Å². The molecular weight excluding hydrogens is 551 g/mol. The largest absolute Gasteiger partial charge is 0.467 e. The van der Waals surface area contributed by atoms with Crippen molar-refractivity contribution in [1.29, 1.82) is 0 Å². The Labute approximate surface area is 239 Å². The van der Waals surface area contributed by atoms with E-state index in [1.54, 1.807) is 40.9 Å². The molecule has 0 aliphatic carbocycles. The number of anilines is 3. The van der Waals surface area contributed by atoms with Crippen LogP contribution in [0.5, 0.6) is 0 Å². The SMILES string of the molecule is CC(Sc1nnc(CNc2cccc(C(F)(F)F)c2)n1Cc1ccco1)C(=O)N(c1ccccc1)c1ccccc1. The molecule has 5 aromatic rings. The lowest BCUT2D eigenvalue weighted by atomic mass is 10.2. The molecule has 1 N–H and O–H groups in total. The predicted molar refractivity (Wildman–Crippen MR) is 152 cm³/mol. The number of thioether (sulfide) groups is 1. The first-order valence-corrected chi connectivity index (χ1v) is 13.6. The van der Waals surface area contributed by atoms with Crippen LogP contribution in [0, 0.1) is 0 Å². The first-order chi connectivity index (χ1) is 19.8. The second kappa shape index (κ2) is 12.3. The van der Waals surface area contributed by atoms with Crippen LogP contribution in [0.4, 0.5) is 30.2 Å². The van der Waals surface area contributed by atoms with Crippen molar-refractivity contribution in [2.24, 2.45) is 0 Å². The first-order valence-electron chi connectivity index (χ1n) is 12.8. The van der Waals surface area contributed by atoms with Crippen molar-refractivity contribution in [1.82, 2.24) is 14.8 Å². The number of hydrogen-bond donors (Lipinski definition) is 1. The maximum atomic E-state index is 13.8. The third-order valence-electron chi connectivity index (χ3n) is 6.21. The Bertz CT molecular complexity index is 1540. The average molecular weight is 578 g/mol. The van der Waals surface area contributed by atoms with Crippen LogP contribution in [0.15, 0.2) is 113 Å². The maximum absolute atomic E-state index is 13.8. The second-order valence-electron chi connectivity index (χ2n) is 9.10. The summed E-state index contributed by atoms with van der Waals surface area (Å²) in [6.07, 6.45) is -2.90. The normalized spacial score (nSPS) is 12.2. The molecule has 0 saturated carbocycles. The van der Waals surface area contributed by atoms with Crippen LogP contribution in [0.2, 0.25) is 0 Å². The number of furan rings is 1. The molecule has 0 saturated heterocycles. The van der Waals surface area contributed by atoms with Crippen LogP contribution in [0.25, 0.3) is 0 Å². The summed E-state index contributed by atoms with van der Waals surface area (Å²) >= 11 is 1.25. The molecule has 0 aliphatic heterocycles. The van der Waals surface area contributed by atoms with Gasteiger partial charge < -0.3 is 9.73 Å². The van der Waals surface area contributed by atoms with Crippen molar-refractivity contribution in [2.45, 2.75) is 36.6 Å². The molecule has 210 valence electrons. The fraction of sp³-hybridized carbons (Fsp3) is 0.167. The monoisotopic (exact) mass is 577 g/mol. The Hall–Kier alpha value is -4.51. The fourth-order valence-corrected chi connectivity index (χ4v) is 5.10. The second-order valence-corrected chi connectivity index (χ2v) is 10.4. The van der Waals surface area contributed by atoms with Crippen molar-refractivity contribution < 1.29 is 22.4 Å². The van der Waals surface area contributed by atoms with E-state index in [4.69, 9.17) is 4.42 Å². The highest BCUT2D eigenvalue weighted by Crippen LogP contribution is 2.32. The van der Waals surface area contributed by atoms with Gasteiger partial charge in [0, 0.05) is 17.1 Å². The molecule has 2 aromatic heterocycles. The Balaban J connectivity index is 1.39. The highest BCUT2D eigenvalue weighted by atomic mass is 32.2. The molecular formula is C30H26F3N5O2S. The molecule has 1 amide bonds. The van der Waals surface area contributed by atoms with Gasteiger partial charge in [-0.05, 0) is 61.5 Å². The number of rotatable bonds is 10. The molecule has 0 bridgehead atoms. The van der Waals surface area contributed by atoms with E-state index >= 15 is 0 Å². The molecule has 0 aliphatic rings. The van der Waals surface area contributed by atoms with E-state index in [0.29, 0.717) is 22.4 Å². The van der Waals surface area contributed by atoms with Gasteiger partial charge in [-0.3, -0.25) is 14.3 Å². The molecule has 41 heavy (non-hydrogen) atoms. The van der Waals surface area contributed by atoms with Gasteiger partial charge in [0.2, 0.25) is 5.91 Å². The van der Waals surface area contributed by atoms with Gasteiger partial charge in [0.1, 0.15) is 5.76 Å². The molecule has 0 fully saturated rings. The van der Waals surface area contributed by atoms with E-state index in [9.17, 15) is 18.0 Å². The molecule has 0 spiro atoms. The fourth-order valence-electron chi connectivity index (χ4n) is 4.19. The molecule has 1 atom stereocenters. The van der Waals surface area contributed by atoms with Crippen molar-refractivity contribution in [2.75, 3.05) is 10.2 Å². The Morgan fingerprint density at radius 1 is 0.951 bits per heavy atom. The van der Waals surface area contributed by atoms with E-state index < -0.39 is 17.0 Å². The maximum Gasteiger partial charge on any atom is 0.416 e. The number of hydrogen-bond acceptors (Lipinski definition) is 6. The zero-order chi connectivity index (χ0) is 28.8. The van der Waals surface area contributed by atoms with E-state index in [1.165, 1.54) is 17.8 Å². The minimum Gasteiger partial charge on any atom is -0.467 e. The summed E-state index contributed by atoms with van der Waals surface area (Å²) in [7, 11) is 0. The number of nitrogens with one attached hydrogen (secondary N) is 1. The van der Waals surface area contributed by atoms with Crippen molar-refractivity contribution in [3.8, 4) is 0 Å². The van der Waals surface area contributed by atoms with Crippen molar-refractivity contribution >= 4 is 34.7 Å². The minimum absolute atomic E-state index is 0.109. The van der Waals surface area contributed by atoms with E-state index in [0.717, 1.165) is 23.5 Å². The number of halogens is 3. The topological polar surface area (TPSA) is 76.2 Å². The number of carbonyl (C=O) groups is 1. The Kier molecular flexibility index (Phi) is 8.44. The van der Waals surface area contributed by atoms with Crippen LogP contribution >= 0.6 is 11.8 Å². The predicted octanol–water partition coefficient (Wildman–Crippen LogP) is 7.40. The summed E-state index contributed by atoms with van der Waals surface area (Å²) in [5, 5.41) is 11.6. The molecule has 0 radical (unpaired) electrons. The third kappa shape index (κ3) is 6.80. The molecule has 2 heterocycles. The number of para-hydroxylation sites is 2. The third-order valence-corrected chi connectivity index (χ3v) is 7.28. The van der Waals surface area contributed by atoms with Crippen LogP contribution in [0.3, 0.4) is 0 Å². The molecule has 1 unspecified atom stereocenters. The highest BCUT2D eigenvalue weighted by Gasteiger charge is 2.30. The van der Waals surface area contributed by atoms with Gasteiger partial charge in [-0.25, -0.2) is 0 Å². The number of benzene rings is 3.